The molecule has 0 saturated carbocycles. The molecule has 1 aromatic rings. The molecule has 0 amide bonds. The Kier molecular flexibility index (Phi) is 3.94. The first-order valence-corrected chi connectivity index (χ1v) is 8.64. The van der Waals surface area contributed by atoms with Crippen molar-refractivity contribution in [3.05, 3.63) is 29.8 Å². The summed E-state index contributed by atoms with van der Waals surface area (Å²) in [6.45, 7) is 2.49. The van der Waals surface area contributed by atoms with Crippen molar-refractivity contribution in [2.45, 2.75) is 30.0 Å². The van der Waals surface area contributed by atoms with Gasteiger partial charge in [-0.05, 0) is 43.7 Å². The molecule has 2 saturated heterocycles. The first-order valence-electron chi connectivity index (χ1n) is 7.20. The number of fused-ring (bicyclic) bond motifs is 1. The topological polar surface area (TPSA) is 40.6 Å². The van der Waals surface area contributed by atoms with Gasteiger partial charge in [0.25, 0.3) is 0 Å². The van der Waals surface area contributed by atoms with Crippen molar-refractivity contribution in [3.8, 4) is 0 Å². The molecule has 8 heteroatoms. The number of hydrogen-bond acceptors (Lipinski definition) is 3. The van der Waals surface area contributed by atoms with E-state index < -0.39 is 21.8 Å². The highest BCUT2D eigenvalue weighted by Crippen LogP contribution is 2.31. The van der Waals surface area contributed by atoms with E-state index in [1.54, 1.807) is 0 Å². The lowest BCUT2D eigenvalue weighted by Gasteiger charge is -2.36. The van der Waals surface area contributed by atoms with E-state index >= 15 is 0 Å². The third kappa shape index (κ3) is 2.87. The monoisotopic (exact) mass is 334 g/mol. The molecular weight excluding hydrogens is 317 g/mol. The van der Waals surface area contributed by atoms with Gasteiger partial charge < -0.3 is 0 Å². The van der Waals surface area contributed by atoms with Gasteiger partial charge in [0.2, 0.25) is 10.0 Å². The maximum Gasteiger partial charge on any atom is 0.416 e. The second-order valence-corrected chi connectivity index (χ2v) is 7.66. The van der Waals surface area contributed by atoms with E-state index in [0.29, 0.717) is 19.6 Å². The summed E-state index contributed by atoms with van der Waals surface area (Å²) >= 11 is 0. The van der Waals surface area contributed by atoms with Crippen LogP contribution in [0.2, 0.25) is 0 Å². The van der Waals surface area contributed by atoms with E-state index in [2.05, 4.69) is 4.90 Å². The number of rotatable bonds is 2. The average molecular weight is 334 g/mol. The molecule has 2 aliphatic rings. The fourth-order valence-electron chi connectivity index (χ4n) is 3.15. The molecule has 0 N–H and O–H groups in total. The Bertz CT molecular complexity index is 643. The van der Waals surface area contributed by atoms with E-state index in [-0.39, 0.29) is 10.9 Å². The molecule has 0 aliphatic carbocycles. The first kappa shape index (κ1) is 15.8. The highest BCUT2D eigenvalue weighted by Gasteiger charge is 2.37. The molecule has 1 aromatic carbocycles. The Balaban J connectivity index is 1.81. The number of piperazine rings is 1. The Morgan fingerprint density at radius 2 is 1.73 bits per heavy atom. The molecule has 4 nitrogen and oxygen atoms in total. The summed E-state index contributed by atoms with van der Waals surface area (Å²) in [5.41, 5.74) is -0.841. The number of nitrogens with zero attached hydrogens (tertiary/aromatic N) is 2. The largest absolute Gasteiger partial charge is 0.416 e. The van der Waals surface area contributed by atoms with Crippen LogP contribution in [0.1, 0.15) is 18.4 Å². The van der Waals surface area contributed by atoms with Crippen molar-refractivity contribution in [3.63, 3.8) is 0 Å². The molecule has 2 aliphatic heterocycles. The Morgan fingerprint density at radius 3 is 2.36 bits per heavy atom. The summed E-state index contributed by atoms with van der Waals surface area (Å²) in [7, 11) is -3.72. The van der Waals surface area contributed by atoms with E-state index in [9.17, 15) is 21.6 Å². The molecule has 122 valence electrons. The number of benzene rings is 1. The molecule has 0 radical (unpaired) electrons. The quantitative estimate of drug-likeness (QED) is 0.832. The van der Waals surface area contributed by atoms with Crippen LogP contribution >= 0.6 is 0 Å². The maximum atomic E-state index is 12.6. The minimum Gasteiger partial charge on any atom is -0.298 e. The minimum atomic E-state index is -4.46. The summed E-state index contributed by atoms with van der Waals surface area (Å²) in [5.74, 6) is 0. The van der Waals surface area contributed by atoms with Crippen LogP contribution in [0.5, 0.6) is 0 Å². The first-order chi connectivity index (χ1) is 10.3. The number of hydrogen-bond donors (Lipinski definition) is 0. The van der Waals surface area contributed by atoms with Gasteiger partial charge in [-0.1, -0.05) is 0 Å². The van der Waals surface area contributed by atoms with Crippen LogP contribution in [0.3, 0.4) is 0 Å². The molecular formula is C14H17F3N2O2S. The van der Waals surface area contributed by atoms with Crippen LogP contribution in [0.15, 0.2) is 29.2 Å². The van der Waals surface area contributed by atoms with Crippen LogP contribution in [0.25, 0.3) is 0 Å². The normalized spacial score (nSPS) is 24.4. The van der Waals surface area contributed by atoms with Crippen LogP contribution in [0, 0.1) is 0 Å². The molecule has 0 aromatic heterocycles. The lowest BCUT2D eigenvalue weighted by Crippen LogP contribution is -2.51. The zero-order valence-electron chi connectivity index (χ0n) is 11.9. The lowest BCUT2D eigenvalue weighted by molar-refractivity contribution is -0.137. The van der Waals surface area contributed by atoms with Crippen molar-refractivity contribution in [1.29, 1.82) is 0 Å². The predicted molar refractivity (Wildman–Crippen MR) is 74.8 cm³/mol. The number of alkyl halides is 3. The SMILES string of the molecule is O=S(=O)(c1ccc(C(F)(F)F)cc1)N1CCN2CCC[C@@H]2C1. The third-order valence-corrected chi connectivity index (χ3v) is 6.25. The summed E-state index contributed by atoms with van der Waals surface area (Å²) in [5, 5.41) is 0. The zero-order chi connectivity index (χ0) is 16.0. The van der Waals surface area contributed by atoms with Gasteiger partial charge in [-0.25, -0.2) is 8.42 Å². The molecule has 0 spiro atoms. The van der Waals surface area contributed by atoms with Gasteiger partial charge in [0.05, 0.1) is 10.5 Å². The number of halogens is 3. The van der Waals surface area contributed by atoms with E-state index in [1.165, 1.54) is 4.31 Å². The standard InChI is InChI=1S/C14H17F3N2O2S/c15-14(16,17)11-3-5-13(6-4-11)22(20,21)19-9-8-18-7-1-2-12(18)10-19/h3-6,12H,1-2,7-10H2/t12-/m1/s1. The van der Waals surface area contributed by atoms with Crippen LogP contribution in [0.4, 0.5) is 13.2 Å². The summed E-state index contributed by atoms with van der Waals surface area (Å²) in [6, 6.07) is 3.95. The molecule has 1 atom stereocenters. The van der Waals surface area contributed by atoms with Crippen molar-refractivity contribution in [2.75, 3.05) is 26.2 Å². The van der Waals surface area contributed by atoms with Gasteiger partial charge in [0.15, 0.2) is 0 Å². The van der Waals surface area contributed by atoms with Crippen molar-refractivity contribution >= 4 is 10.0 Å². The second kappa shape index (κ2) is 5.50. The molecule has 2 fully saturated rings. The van der Waals surface area contributed by atoms with E-state index in [4.69, 9.17) is 0 Å². The van der Waals surface area contributed by atoms with Crippen molar-refractivity contribution in [2.24, 2.45) is 0 Å². The van der Waals surface area contributed by atoms with E-state index in [0.717, 1.165) is 43.7 Å². The Hall–Kier alpha value is -1.12. The van der Waals surface area contributed by atoms with Gasteiger partial charge >= 0.3 is 6.18 Å². The van der Waals surface area contributed by atoms with Gasteiger partial charge in [-0.15, -0.1) is 0 Å². The fourth-order valence-corrected chi connectivity index (χ4v) is 4.61. The van der Waals surface area contributed by atoms with E-state index in [1.807, 2.05) is 0 Å². The smallest absolute Gasteiger partial charge is 0.298 e. The molecule has 0 unspecified atom stereocenters. The minimum absolute atomic E-state index is 0.0769. The van der Waals surface area contributed by atoms with Gasteiger partial charge in [-0.2, -0.15) is 17.5 Å². The summed E-state index contributed by atoms with van der Waals surface area (Å²) in [6.07, 6.45) is -2.42. The van der Waals surface area contributed by atoms with Crippen molar-refractivity contribution in [1.82, 2.24) is 9.21 Å². The maximum absolute atomic E-state index is 12.6. The van der Waals surface area contributed by atoms with Crippen molar-refractivity contribution < 1.29 is 21.6 Å². The Morgan fingerprint density at radius 1 is 1.05 bits per heavy atom. The van der Waals surface area contributed by atoms with Crippen LogP contribution in [-0.2, 0) is 16.2 Å². The average Bonchev–Trinajstić information content (AvgIpc) is 2.94. The zero-order valence-corrected chi connectivity index (χ0v) is 12.7. The van der Waals surface area contributed by atoms with Gasteiger partial charge in [0, 0.05) is 25.7 Å². The van der Waals surface area contributed by atoms with Crippen LogP contribution in [-0.4, -0.2) is 49.8 Å². The van der Waals surface area contributed by atoms with Crippen LogP contribution < -0.4 is 0 Å². The third-order valence-electron chi connectivity index (χ3n) is 4.37. The lowest BCUT2D eigenvalue weighted by atomic mass is 10.2. The molecule has 2 heterocycles. The molecule has 22 heavy (non-hydrogen) atoms. The molecule has 0 bridgehead atoms. The summed E-state index contributed by atoms with van der Waals surface area (Å²) < 4.78 is 64.2. The number of sulfonamides is 1. The fraction of sp³-hybridized carbons (Fsp3) is 0.571. The summed E-state index contributed by atoms with van der Waals surface area (Å²) in [4.78, 5) is 2.20. The predicted octanol–water partition coefficient (Wildman–Crippen LogP) is 2.17. The molecule has 3 rings (SSSR count). The highest BCUT2D eigenvalue weighted by molar-refractivity contribution is 7.89. The van der Waals surface area contributed by atoms with Gasteiger partial charge in [-0.3, -0.25) is 4.90 Å². The van der Waals surface area contributed by atoms with Gasteiger partial charge in [0.1, 0.15) is 0 Å². The highest BCUT2D eigenvalue weighted by atomic mass is 32.2. The second-order valence-electron chi connectivity index (χ2n) is 5.72. The Labute approximate surface area is 127 Å².